The number of hydrogen-bond donors (Lipinski definition) is 3. The molecule has 2 aromatic carbocycles. The molecule has 0 aliphatic heterocycles. The van der Waals surface area contributed by atoms with Crippen molar-refractivity contribution in [3.05, 3.63) is 84.6 Å². The van der Waals surface area contributed by atoms with Gasteiger partial charge < -0.3 is 20.7 Å². The van der Waals surface area contributed by atoms with Crippen molar-refractivity contribution >= 4 is 29.6 Å². The Labute approximate surface area is 278 Å². The molecule has 0 bridgehead atoms. The second-order valence-electron chi connectivity index (χ2n) is 12.0. The van der Waals surface area contributed by atoms with Crippen LogP contribution in [0.4, 0.5) is 19.0 Å². The molecule has 1 fully saturated rings. The average Bonchev–Trinajstić information content (AvgIpc) is 3.08. The van der Waals surface area contributed by atoms with Crippen LogP contribution in [0.3, 0.4) is 0 Å². The third-order valence-corrected chi connectivity index (χ3v) is 8.29. The third-order valence-electron chi connectivity index (χ3n) is 8.29. The molecule has 12 heteroatoms. The zero-order valence-electron chi connectivity index (χ0n) is 26.6. The Kier molecular flexibility index (Phi) is 13.5. The van der Waals surface area contributed by atoms with Gasteiger partial charge in [-0.05, 0) is 54.0 Å². The monoisotopic (exact) mass is 666 g/mol. The Hall–Kier alpha value is -4.74. The van der Waals surface area contributed by atoms with Gasteiger partial charge in [0.1, 0.15) is 11.9 Å². The van der Waals surface area contributed by atoms with Crippen LogP contribution in [0.1, 0.15) is 75.8 Å². The van der Waals surface area contributed by atoms with E-state index < -0.39 is 42.5 Å². The fourth-order valence-electron chi connectivity index (χ4n) is 5.78. The van der Waals surface area contributed by atoms with Gasteiger partial charge in [0.25, 0.3) is 0 Å². The smallest absolute Gasteiger partial charge is 0.386 e. The zero-order valence-corrected chi connectivity index (χ0v) is 26.6. The van der Waals surface area contributed by atoms with Gasteiger partial charge >= 0.3 is 18.1 Å². The minimum atomic E-state index is -5.35. The highest BCUT2D eigenvalue weighted by Gasteiger charge is 2.42. The van der Waals surface area contributed by atoms with Crippen molar-refractivity contribution in [3.8, 4) is 11.1 Å². The molecule has 0 spiro atoms. The molecule has 3 N–H and O–H groups in total. The molecule has 1 saturated carbocycles. The molecule has 9 nitrogen and oxygen atoms in total. The molecular formula is C36H41F3N4O5. The van der Waals surface area contributed by atoms with Gasteiger partial charge in [-0.25, -0.2) is 9.78 Å². The quantitative estimate of drug-likeness (QED) is 0.0940. The fraction of sp³-hybridized carbons (Fsp3) is 0.417. The zero-order chi connectivity index (χ0) is 34.4. The minimum absolute atomic E-state index is 0.189. The van der Waals surface area contributed by atoms with E-state index in [-0.39, 0.29) is 18.2 Å². The van der Waals surface area contributed by atoms with Crippen molar-refractivity contribution < 1.29 is 37.1 Å². The number of pyridine rings is 1. The second kappa shape index (κ2) is 18.0. The summed E-state index contributed by atoms with van der Waals surface area (Å²) in [6, 6.07) is 19.8. The van der Waals surface area contributed by atoms with Crippen LogP contribution in [-0.2, 0) is 23.9 Å². The summed E-state index contributed by atoms with van der Waals surface area (Å²) in [5.74, 6) is -4.00. The molecule has 1 heterocycles. The van der Waals surface area contributed by atoms with E-state index in [0.717, 1.165) is 49.0 Å². The molecule has 0 saturated heterocycles. The molecular weight excluding hydrogens is 625 g/mol. The number of aromatic nitrogens is 1. The molecule has 256 valence electrons. The molecule has 1 aliphatic carbocycles. The van der Waals surface area contributed by atoms with E-state index in [2.05, 4.69) is 25.7 Å². The molecule has 2 amide bonds. The summed E-state index contributed by atoms with van der Waals surface area (Å²) >= 11 is 0. The van der Waals surface area contributed by atoms with Crippen LogP contribution in [0.15, 0.2) is 79.0 Å². The van der Waals surface area contributed by atoms with Crippen LogP contribution in [0.5, 0.6) is 0 Å². The van der Waals surface area contributed by atoms with Crippen molar-refractivity contribution in [2.24, 2.45) is 5.92 Å². The highest BCUT2D eigenvalue weighted by atomic mass is 19.4. The van der Waals surface area contributed by atoms with E-state index in [0.29, 0.717) is 31.4 Å². The lowest BCUT2D eigenvalue weighted by Gasteiger charge is -2.28. The number of esters is 2. The summed E-state index contributed by atoms with van der Waals surface area (Å²) in [4.78, 5) is 54.9. The van der Waals surface area contributed by atoms with Crippen molar-refractivity contribution in [2.45, 2.75) is 82.5 Å². The van der Waals surface area contributed by atoms with Gasteiger partial charge in [-0.3, -0.25) is 14.4 Å². The number of halogens is 3. The first kappa shape index (κ1) is 36.1. The van der Waals surface area contributed by atoms with E-state index in [1.807, 2.05) is 48.5 Å². The maximum atomic E-state index is 13.8. The average molecular weight is 667 g/mol. The van der Waals surface area contributed by atoms with Crippen molar-refractivity contribution in [1.82, 2.24) is 15.6 Å². The van der Waals surface area contributed by atoms with E-state index in [4.69, 9.17) is 0 Å². The largest absolute Gasteiger partial charge is 0.491 e. The standard InChI is InChI=1S/C36H41F3N4O5/c37-36(38,39)35(47)48-33(45)24-29(28-19-17-27(18-20-28)26-13-5-2-6-14-26)43-34(46)30(23-25-11-3-1-4-12-25)42-32(44)16-8-10-22-41-31-15-7-9-21-40-31/h2,5-7,9,13-15,17-21,25,29-30H,1,3-4,8,10-12,16,22-24H2,(H,40,41)(H,42,44)(H,43,46)/t29?,30-/m1/s1. The van der Waals surface area contributed by atoms with E-state index in [9.17, 15) is 32.3 Å². The van der Waals surface area contributed by atoms with E-state index in [1.165, 1.54) is 0 Å². The summed E-state index contributed by atoms with van der Waals surface area (Å²) in [5, 5.41) is 8.81. The Bertz CT molecular complexity index is 1480. The number of carbonyl (C=O) groups is 4. The molecule has 1 unspecified atom stereocenters. The van der Waals surface area contributed by atoms with E-state index in [1.54, 1.807) is 30.5 Å². The van der Waals surface area contributed by atoms with Gasteiger partial charge in [0.15, 0.2) is 0 Å². The number of rotatable bonds is 15. The van der Waals surface area contributed by atoms with Gasteiger partial charge in [0, 0.05) is 19.2 Å². The van der Waals surface area contributed by atoms with Crippen molar-refractivity contribution in [3.63, 3.8) is 0 Å². The Morgan fingerprint density at radius 1 is 0.833 bits per heavy atom. The van der Waals surface area contributed by atoms with Crippen LogP contribution in [0, 0.1) is 5.92 Å². The van der Waals surface area contributed by atoms with Crippen LogP contribution in [0.2, 0.25) is 0 Å². The second-order valence-corrected chi connectivity index (χ2v) is 12.0. The summed E-state index contributed by atoms with van der Waals surface area (Å²) in [5.41, 5.74) is 2.18. The first-order chi connectivity index (χ1) is 23.1. The molecule has 0 radical (unpaired) electrons. The first-order valence-electron chi connectivity index (χ1n) is 16.3. The summed E-state index contributed by atoms with van der Waals surface area (Å²) < 4.78 is 42.5. The SMILES string of the molecule is O=C(CCCCNc1ccccn1)N[C@H](CC1CCCCC1)C(=O)NC(CC(=O)OC(=O)C(F)(F)F)c1ccc(-c2ccccc2)cc1. The predicted molar refractivity (Wildman–Crippen MR) is 174 cm³/mol. The van der Waals surface area contributed by atoms with Gasteiger partial charge in [-0.15, -0.1) is 0 Å². The molecule has 4 rings (SSSR count). The first-order valence-corrected chi connectivity index (χ1v) is 16.3. The number of alkyl halides is 3. The van der Waals surface area contributed by atoms with Gasteiger partial charge in [-0.2, -0.15) is 13.2 Å². The molecule has 1 aliphatic rings. The van der Waals surface area contributed by atoms with Crippen LogP contribution in [-0.4, -0.2) is 47.5 Å². The van der Waals surface area contributed by atoms with Crippen LogP contribution >= 0.6 is 0 Å². The number of nitrogens with zero attached hydrogens (tertiary/aromatic N) is 1. The highest BCUT2D eigenvalue weighted by Crippen LogP contribution is 2.29. The van der Waals surface area contributed by atoms with Crippen LogP contribution < -0.4 is 16.0 Å². The number of anilines is 1. The number of benzene rings is 2. The van der Waals surface area contributed by atoms with Gasteiger partial charge in [0.05, 0.1) is 12.5 Å². The van der Waals surface area contributed by atoms with Gasteiger partial charge in [0.2, 0.25) is 11.8 Å². The summed E-state index contributed by atoms with van der Waals surface area (Å²) in [7, 11) is 0. The molecule has 1 aromatic heterocycles. The summed E-state index contributed by atoms with van der Waals surface area (Å²) in [6.07, 6.45) is 2.41. The number of nitrogens with one attached hydrogen (secondary N) is 3. The maximum absolute atomic E-state index is 13.8. The van der Waals surface area contributed by atoms with E-state index >= 15 is 0 Å². The Balaban J connectivity index is 1.45. The molecule has 2 atom stereocenters. The van der Waals surface area contributed by atoms with Crippen LogP contribution in [0.25, 0.3) is 11.1 Å². The molecule has 48 heavy (non-hydrogen) atoms. The predicted octanol–water partition coefficient (Wildman–Crippen LogP) is 6.67. The third kappa shape index (κ3) is 11.8. The maximum Gasteiger partial charge on any atom is 0.491 e. The molecule has 3 aromatic rings. The summed E-state index contributed by atoms with van der Waals surface area (Å²) in [6.45, 7) is 0.619. The highest BCUT2D eigenvalue weighted by molar-refractivity contribution is 5.90. The normalized spacial score (nSPS) is 14.7. The lowest BCUT2D eigenvalue weighted by molar-refractivity contribution is -0.202. The van der Waals surface area contributed by atoms with Crippen molar-refractivity contribution in [2.75, 3.05) is 11.9 Å². The lowest BCUT2D eigenvalue weighted by atomic mass is 9.84. The fourth-order valence-corrected chi connectivity index (χ4v) is 5.78. The number of unbranched alkanes of at least 4 members (excludes halogenated alkanes) is 1. The number of carbonyl (C=O) groups excluding carboxylic acids is 4. The lowest BCUT2D eigenvalue weighted by Crippen LogP contribution is -2.49. The van der Waals surface area contributed by atoms with Gasteiger partial charge in [-0.1, -0.05) is 92.8 Å². The Morgan fingerprint density at radius 2 is 1.52 bits per heavy atom. The topological polar surface area (TPSA) is 126 Å². The number of ether oxygens (including phenoxy) is 1. The number of amides is 2. The Morgan fingerprint density at radius 3 is 2.19 bits per heavy atom. The number of hydrogen-bond acceptors (Lipinski definition) is 7. The van der Waals surface area contributed by atoms with Crippen molar-refractivity contribution in [1.29, 1.82) is 0 Å². The minimum Gasteiger partial charge on any atom is -0.386 e.